The average Bonchev–Trinajstić information content (AvgIpc) is 2.36. The predicted molar refractivity (Wildman–Crippen MR) is 59.5 cm³/mol. The molecule has 0 fully saturated rings. The van der Waals surface area contributed by atoms with Gasteiger partial charge >= 0.3 is 6.18 Å². The number of hydrogen-bond donors (Lipinski definition) is 3. The number of hydrogen-bond acceptors (Lipinski definition) is 4. The van der Waals surface area contributed by atoms with Gasteiger partial charge in [-0.3, -0.25) is 4.79 Å². The first-order valence-electron chi connectivity index (χ1n) is 5.46. The van der Waals surface area contributed by atoms with Gasteiger partial charge in [0.25, 0.3) is 5.78 Å². The lowest BCUT2D eigenvalue weighted by molar-refractivity contribution is -0.0885. The van der Waals surface area contributed by atoms with Crippen LogP contribution in [0.5, 0.6) is 0 Å². The van der Waals surface area contributed by atoms with Crippen LogP contribution in [0.15, 0.2) is 24.3 Å². The molecule has 0 saturated heterocycles. The minimum Gasteiger partial charge on any atom is -0.396 e. The van der Waals surface area contributed by atoms with Gasteiger partial charge in [-0.25, -0.2) is 0 Å². The van der Waals surface area contributed by atoms with E-state index in [1.165, 1.54) is 12.1 Å². The zero-order chi connectivity index (χ0) is 14.6. The van der Waals surface area contributed by atoms with Gasteiger partial charge in [0.2, 0.25) is 0 Å². The highest BCUT2D eigenvalue weighted by Crippen LogP contribution is 2.25. The first-order valence-corrected chi connectivity index (χ1v) is 5.46. The molecule has 7 heteroatoms. The number of halogens is 3. The molecule has 3 N–H and O–H groups in total. The van der Waals surface area contributed by atoms with Crippen molar-refractivity contribution in [2.75, 3.05) is 6.61 Å². The first kappa shape index (κ1) is 15.6. The Labute approximate surface area is 107 Å². The van der Waals surface area contributed by atoms with Crippen molar-refractivity contribution in [3.63, 3.8) is 0 Å². The minimum absolute atomic E-state index is 0.0175. The van der Waals surface area contributed by atoms with E-state index in [1.807, 2.05) is 0 Å². The molecule has 0 aromatic heterocycles. The Hall–Kier alpha value is -1.44. The molecule has 1 aromatic carbocycles. The summed E-state index contributed by atoms with van der Waals surface area (Å²) in [6.45, 7) is -0.376. The highest BCUT2D eigenvalue weighted by Gasteiger charge is 2.39. The molecule has 0 amide bonds. The number of rotatable bonds is 5. The summed E-state index contributed by atoms with van der Waals surface area (Å²) < 4.78 is 36.8. The summed E-state index contributed by atoms with van der Waals surface area (Å²) in [4.78, 5) is 11.0. The molecule has 2 unspecified atom stereocenters. The molecule has 0 heterocycles. The van der Waals surface area contributed by atoms with Crippen LogP contribution in [0.1, 0.15) is 28.4 Å². The molecule has 0 bridgehead atoms. The lowest BCUT2D eigenvalue weighted by atomic mass is 9.99. The van der Waals surface area contributed by atoms with Crippen LogP contribution in [-0.2, 0) is 0 Å². The molecule has 1 rings (SSSR count). The Balaban J connectivity index is 2.97. The maximum atomic E-state index is 12.3. The Kier molecular flexibility index (Phi) is 5.04. The molecule has 0 radical (unpaired) electrons. The zero-order valence-corrected chi connectivity index (χ0v) is 9.76. The maximum Gasteiger partial charge on any atom is 0.454 e. The third kappa shape index (κ3) is 4.02. The summed E-state index contributed by atoms with van der Waals surface area (Å²) in [5, 5.41) is 27.7. The molecule has 0 saturated carbocycles. The molecule has 4 nitrogen and oxygen atoms in total. The molecular weight excluding hydrogens is 265 g/mol. The van der Waals surface area contributed by atoms with Gasteiger partial charge in [-0.1, -0.05) is 18.2 Å². The summed E-state index contributed by atoms with van der Waals surface area (Å²) in [6.07, 6.45) is -7.90. The van der Waals surface area contributed by atoms with Crippen LogP contribution in [0.25, 0.3) is 0 Å². The Bertz CT molecular complexity index is 445. The van der Waals surface area contributed by atoms with E-state index in [1.54, 1.807) is 0 Å². The first-order chi connectivity index (χ1) is 8.77. The van der Waals surface area contributed by atoms with E-state index in [9.17, 15) is 28.2 Å². The van der Waals surface area contributed by atoms with Gasteiger partial charge in [0.15, 0.2) is 0 Å². The monoisotopic (exact) mass is 278 g/mol. The van der Waals surface area contributed by atoms with E-state index >= 15 is 0 Å². The van der Waals surface area contributed by atoms with E-state index in [4.69, 9.17) is 5.11 Å². The van der Waals surface area contributed by atoms with Crippen molar-refractivity contribution >= 4 is 5.78 Å². The molecule has 0 aliphatic heterocycles. The van der Waals surface area contributed by atoms with Crippen LogP contribution in [0.2, 0.25) is 0 Å². The van der Waals surface area contributed by atoms with Gasteiger partial charge in [0, 0.05) is 12.2 Å². The van der Waals surface area contributed by atoms with E-state index in [2.05, 4.69) is 0 Å². The van der Waals surface area contributed by atoms with Crippen molar-refractivity contribution < 1.29 is 33.3 Å². The smallest absolute Gasteiger partial charge is 0.396 e. The van der Waals surface area contributed by atoms with Crippen LogP contribution < -0.4 is 0 Å². The van der Waals surface area contributed by atoms with Crippen molar-refractivity contribution in [3.05, 3.63) is 35.4 Å². The highest BCUT2D eigenvalue weighted by molar-refractivity contribution is 6.00. The number of benzene rings is 1. The second-order valence-corrected chi connectivity index (χ2v) is 3.98. The van der Waals surface area contributed by atoms with Gasteiger partial charge in [0.1, 0.15) is 6.10 Å². The number of carbonyl (C=O) groups excluding carboxylic acids is 1. The van der Waals surface area contributed by atoms with E-state index in [0.717, 1.165) is 12.1 Å². The van der Waals surface area contributed by atoms with Crippen molar-refractivity contribution in [1.82, 2.24) is 0 Å². The Morgan fingerprint density at radius 3 is 2.42 bits per heavy atom. The summed E-state index contributed by atoms with van der Waals surface area (Å²) in [5.41, 5.74) is -0.628. The molecule has 1 aromatic rings. The fraction of sp³-hybridized carbons (Fsp3) is 0.417. The fourth-order valence-electron chi connectivity index (χ4n) is 1.54. The molecular formula is C12H13F3O4. The molecule has 2 atom stereocenters. The summed E-state index contributed by atoms with van der Waals surface area (Å²) in [5.74, 6) is -2.02. The number of aliphatic hydroxyl groups is 3. The number of Topliss-reactive ketones (excluding diaryl/α,β-unsaturated/α-hetero) is 1. The molecule has 0 spiro atoms. The second kappa shape index (κ2) is 6.14. The summed E-state index contributed by atoms with van der Waals surface area (Å²) in [7, 11) is 0. The van der Waals surface area contributed by atoms with Crippen molar-refractivity contribution in [3.8, 4) is 0 Å². The largest absolute Gasteiger partial charge is 0.454 e. The predicted octanol–water partition coefficient (Wildman–Crippen LogP) is 1.21. The van der Waals surface area contributed by atoms with E-state index in [-0.39, 0.29) is 18.6 Å². The van der Waals surface area contributed by atoms with E-state index in [0.29, 0.717) is 0 Å². The third-order valence-electron chi connectivity index (χ3n) is 2.54. The second-order valence-electron chi connectivity index (χ2n) is 3.98. The minimum atomic E-state index is -4.99. The maximum absolute atomic E-state index is 12.3. The topological polar surface area (TPSA) is 77.8 Å². The van der Waals surface area contributed by atoms with Gasteiger partial charge in [-0.2, -0.15) is 13.2 Å². The SMILES string of the molecule is O=C(c1cccc(C(O)C(O)CCO)c1)C(F)(F)F. The number of alkyl halides is 3. The fourth-order valence-corrected chi connectivity index (χ4v) is 1.54. The number of aliphatic hydroxyl groups excluding tert-OH is 3. The average molecular weight is 278 g/mol. The standard InChI is InChI=1S/C12H13F3O4/c13-12(14,15)11(19)8-3-1-2-7(6-8)10(18)9(17)4-5-16/h1-3,6,9-10,16-18H,4-5H2. The van der Waals surface area contributed by atoms with Crippen LogP contribution in [-0.4, -0.2) is 40.0 Å². The van der Waals surface area contributed by atoms with Gasteiger partial charge in [0.05, 0.1) is 6.10 Å². The van der Waals surface area contributed by atoms with Gasteiger partial charge in [-0.05, 0) is 18.1 Å². The van der Waals surface area contributed by atoms with Gasteiger partial charge in [-0.15, -0.1) is 0 Å². The van der Waals surface area contributed by atoms with Gasteiger partial charge < -0.3 is 15.3 Å². The molecule has 0 aliphatic carbocycles. The van der Waals surface area contributed by atoms with Crippen LogP contribution in [0.4, 0.5) is 13.2 Å². The molecule has 0 aliphatic rings. The Morgan fingerprint density at radius 1 is 1.26 bits per heavy atom. The normalized spacial score (nSPS) is 15.1. The lowest BCUT2D eigenvalue weighted by Crippen LogP contribution is -2.24. The van der Waals surface area contributed by atoms with Crippen molar-refractivity contribution in [2.45, 2.75) is 24.8 Å². The van der Waals surface area contributed by atoms with Crippen molar-refractivity contribution in [1.29, 1.82) is 0 Å². The zero-order valence-electron chi connectivity index (χ0n) is 9.76. The summed E-state index contributed by atoms with van der Waals surface area (Å²) in [6, 6.07) is 4.33. The van der Waals surface area contributed by atoms with Crippen LogP contribution >= 0.6 is 0 Å². The number of carbonyl (C=O) groups is 1. The van der Waals surface area contributed by atoms with Crippen LogP contribution in [0.3, 0.4) is 0 Å². The molecule has 19 heavy (non-hydrogen) atoms. The quantitative estimate of drug-likeness (QED) is 0.707. The molecule has 106 valence electrons. The summed E-state index contributed by atoms with van der Waals surface area (Å²) >= 11 is 0. The third-order valence-corrected chi connectivity index (χ3v) is 2.54. The van der Waals surface area contributed by atoms with E-state index < -0.39 is 29.7 Å². The highest BCUT2D eigenvalue weighted by atomic mass is 19.4. The Morgan fingerprint density at radius 2 is 1.89 bits per heavy atom. The number of ketones is 1. The lowest BCUT2D eigenvalue weighted by Gasteiger charge is -2.18. The van der Waals surface area contributed by atoms with Crippen molar-refractivity contribution in [2.24, 2.45) is 0 Å². The van der Waals surface area contributed by atoms with Crippen LogP contribution in [0, 0.1) is 0 Å².